The van der Waals surface area contributed by atoms with Gasteiger partial charge < -0.3 is 29.1 Å². The van der Waals surface area contributed by atoms with Gasteiger partial charge in [0.15, 0.2) is 18.1 Å². The number of carbonyl (C=O) groups excluding carboxylic acids is 1. The lowest BCUT2D eigenvalue weighted by Crippen LogP contribution is -2.22. The van der Waals surface area contributed by atoms with Crippen LogP contribution in [0.1, 0.15) is 35.8 Å². The molecule has 0 saturated carbocycles. The molecule has 0 radical (unpaired) electrons. The fraction of sp³-hybridized carbons (Fsp3) is 0.222. The summed E-state index contributed by atoms with van der Waals surface area (Å²) >= 11 is 0. The van der Waals surface area contributed by atoms with E-state index < -0.39 is 18.5 Å². The molecule has 3 aromatic rings. The summed E-state index contributed by atoms with van der Waals surface area (Å²) in [5.74, 6) is -0.683. The number of hydrogen-bond acceptors (Lipinski definition) is 7. The summed E-state index contributed by atoms with van der Waals surface area (Å²) < 4.78 is 35.6. The van der Waals surface area contributed by atoms with Crippen molar-refractivity contribution in [2.24, 2.45) is 0 Å². The molecule has 1 amide bonds. The Morgan fingerprint density at radius 3 is 2.51 bits per heavy atom. The lowest BCUT2D eigenvalue weighted by atomic mass is 10.0. The molecule has 37 heavy (non-hydrogen) atoms. The monoisotopic (exact) mass is 508 g/mol. The maximum absolute atomic E-state index is 14.2. The molecule has 0 bridgehead atoms. The van der Waals surface area contributed by atoms with Crippen molar-refractivity contribution in [2.75, 3.05) is 20.8 Å². The second-order valence-electron chi connectivity index (χ2n) is 8.18. The molecule has 0 saturated heterocycles. The lowest BCUT2D eigenvalue weighted by Gasteiger charge is -2.15. The Bertz CT molecular complexity index is 1370. The highest BCUT2D eigenvalue weighted by molar-refractivity contribution is 6.08. The van der Waals surface area contributed by atoms with Gasteiger partial charge in [-0.1, -0.05) is 0 Å². The Morgan fingerprint density at radius 1 is 1.16 bits per heavy atom. The number of furan rings is 1. The average Bonchev–Trinajstić information content (AvgIpc) is 3.48. The molecular formula is C27H25FN2O7. The van der Waals surface area contributed by atoms with Gasteiger partial charge in [-0.2, -0.15) is 4.39 Å². The largest absolute Gasteiger partial charge is 0.493 e. The fourth-order valence-corrected chi connectivity index (χ4v) is 4.12. The first kappa shape index (κ1) is 25.5. The number of ether oxygens (including phenoxy) is 3. The number of carboxylic acid groups (broad SMARTS) is 1. The van der Waals surface area contributed by atoms with Crippen LogP contribution in [0.25, 0.3) is 17.2 Å². The normalized spacial score (nSPS) is 13.5. The predicted octanol–water partition coefficient (Wildman–Crippen LogP) is 4.33. The van der Waals surface area contributed by atoms with Gasteiger partial charge in [-0.3, -0.25) is 4.79 Å². The zero-order valence-corrected chi connectivity index (χ0v) is 20.5. The number of carbonyl (C=O) groups is 2. The summed E-state index contributed by atoms with van der Waals surface area (Å²) in [5.41, 5.74) is 4.12. The summed E-state index contributed by atoms with van der Waals surface area (Å²) in [6, 6.07) is 8.16. The average molecular weight is 509 g/mol. The number of amides is 1. The topological polar surface area (TPSA) is 120 Å². The maximum atomic E-state index is 14.2. The van der Waals surface area contributed by atoms with Crippen molar-refractivity contribution in [1.82, 2.24) is 10.3 Å². The number of aliphatic carboxylic acids is 1. The van der Waals surface area contributed by atoms with E-state index in [2.05, 4.69) is 10.3 Å². The Kier molecular flexibility index (Phi) is 7.57. The van der Waals surface area contributed by atoms with Gasteiger partial charge in [-0.05, 0) is 65.1 Å². The van der Waals surface area contributed by atoms with Crippen LogP contribution in [0.3, 0.4) is 0 Å². The van der Waals surface area contributed by atoms with Crippen LogP contribution >= 0.6 is 0 Å². The van der Waals surface area contributed by atoms with Crippen LogP contribution in [-0.2, 0) is 16.1 Å². The van der Waals surface area contributed by atoms with Gasteiger partial charge in [0.05, 0.1) is 33.4 Å². The molecular weight excluding hydrogens is 483 g/mol. The van der Waals surface area contributed by atoms with Gasteiger partial charge >= 0.3 is 5.97 Å². The number of rotatable bonds is 10. The molecule has 0 atom stereocenters. The smallest absolute Gasteiger partial charge is 0.341 e. The van der Waals surface area contributed by atoms with E-state index >= 15 is 0 Å². The van der Waals surface area contributed by atoms with E-state index in [1.54, 1.807) is 24.3 Å². The van der Waals surface area contributed by atoms with Gasteiger partial charge in [0.25, 0.3) is 0 Å². The Morgan fingerprint density at radius 2 is 1.89 bits per heavy atom. The third-order valence-electron chi connectivity index (χ3n) is 5.85. The van der Waals surface area contributed by atoms with Crippen LogP contribution in [-0.4, -0.2) is 42.8 Å². The highest BCUT2D eigenvalue weighted by Crippen LogP contribution is 2.45. The van der Waals surface area contributed by atoms with Crippen LogP contribution in [0.4, 0.5) is 4.39 Å². The van der Waals surface area contributed by atoms with Crippen molar-refractivity contribution in [3.05, 3.63) is 76.8 Å². The maximum Gasteiger partial charge on any atom is 0.341 e. The SMILES string of the molecule is COc1cc(C=C2C(C)=C(CC(=O)NCc3ccco3)c3cnc(F)cc32)cc(OC)c1OCC(=O)O. The van der Waals surface area contributed by atoms with Gasteiger partial charge in [0.2, 0.25) is 17.6 Å². The molecule has 0 spiro atoms. The molecule has 1 aliphatic rings. The molecule has 0 unspecified atom stereocenters. The van der Waals surface area contributed by atoms with Crippen LogP contribution < -0.4 is 19.5 Å². The molecule has 2 N–H and O–H groups in total. The number of allylic oxidation sites excluding steroid dienone is 2. The Balaban J connectivity index is 1.70. The summed E-state index contributed by atoms with van der Waals surface area (Å²) in [5, 5.41) is 11.8. The van der Waals surface area contributed by atoms with E-state index in [9.17, 15) is 14.0 Å². The number of methoxy groups -OCH3 is 2. The molecule has 1 aromatic carbocycles. The second kappa shape index (κ2) is 11.0. The number of pyridine rings is 1. The molecule has 0 aliphatic heterocycles. The van der Waals surface area contributed by atoms with Crippen LogP contribution in [0.2, 0.25) is 0 Å². The van der Waals surface area contributed by atoms with E-state index in [4.69, 9.17) is 23.7 Å². The summed E-state index contributed by atoms with van der Waals surface area (Å²) in [4.78, 5) is 27.5. The second-order valence-corrected chi connectivity index (χ2v) is 8.18. The first-order chi connectivity index (χ1) is 17.8. The van der Waals surface area contributed by atoms with Gasteiger partial charge in [0.1, 0.15) is 5.76 Å². The minimum atomic E-state index is -1.14. The first-order valence-corrected chi connectivity index (χ1v) is 11.3. The fourth-order valence-electron chi connectivity index (χ4n) is 4.12. The lowest BCUT2D eigenvalue weighted by molar-refractivity contribution is -0.139. The van der Waals surface area contributed by atoms with Gasteiger partial charge in [-0.25, -0.2) is 9.78 Å². The molecule has 2 heterocycles. The molecule has 192 valence electrons. The van der Waals surface area contributed by atoms with E-state index in [0.29, 0.717) is 28.0 Å². The third kappa shape index (κ3) is 5.64. The van der Waals surface area contributed by atoms with Crippen molar-refractivity contribution in [3.8, 4) is 17.2 Å². The van der Waals surface area contributed by atoms with Crippen molar-refractivity contribution in [2.45, 2.75) is 19.9 Å². The number of fused-ring (bicyclic) bond motifs is 1. The number of hydrogen-bond donors (Lipinski definition) is 2. The van der Waals surface area contributed by atoms with E-state index in [0.717, 1.165) is 11.1 Å². The van der Waals surface area contributed by atoms with Gasteiger partial charge in [-0.15, -0.1) is 0 Å². The molecule has 9 nitrogen and oxygen atoms in total. The molecule has 10 heteroatoms. The third-order valence-corrected chi connectivity index (χ3v) is 5.85. The quantitative estimate of drug-likeness (QED) is 0.389. The number of halogens is 1. The molecule has 0 fully saturated rings. The number of benzene rings is 1. The van der Waals surface area contributed by atoms with Crippen molar-refractivity contribution < 1.29 is 37.7 Å². The van der Waals surface area contributed by atoms with Crippen LogP contribution in [0.15, 0.2) is 52.8 Å². The molecule has 4 rings (SSSR count). The van der Waals surface area contributed by atoms with Crippen LogP contribution in [0.5, 0.6) is 17.2 Å². The Hall–Kier alpha value is -4.60. The molecule has 1 aliphatic carbocycles. The summed E-state index contributed by atoms with van der Waals surface area (Å²) in [7, 11) is 2.85. The Labute approximate surface area is 212 Å². The van der Waals surface area contributed by atoms with E-state index in [1.807, 2.05) is 13.0 Å². The summed E-state index contributed by atoms with van der Waals surface area (Å²) in [6.07, 6.45) is 4.84. The zero-order chi connectivity index (χ0) is 26.5. The minimum Gasteiger partial charge on any atom is -0.493 e. The highest BCUT2D eigenvalue weighted by atomic mass is 19.1. The van der Waals surface area contributed by atoms with Crippen molar-refractivity contribution in [3.63, 3.8) is 0 Å². The number of aromatic nitrogens is 1. The number of carboxylic acids is 1. The summed E-state index contributed by atoms with van der Waals surface area (Å²) in [6.45, 7) is 1.54. The van der Waals surface area contributed by atoms with Crippen LogP contribution in [0, 0.1) is 5.95 Å². The predicted molar refractivity (Wildman–Crippen MR) is 133 cm³/mol. The van der Waals surface area contributed by atoms with Crippen molar-refractivity contribution >= 4 is 29.1 Å². The first-order valence-electron chi connectivity index (χ1n) is 11.3. The number of nitrogens with zero attached hydrogens (tertiary/aromatic N) is 1. The van der Waals surface area contributed by atoms with Crippen molar-refractivity contribution in [1.29, 1.82) is 0 Å². The zero-order valence-electron chi connectivity index (χ0n) is 20.5. The van der Waals surface area contributed by atoms with Gasteiger partial charge in [0, 0.05) is 17.8 Å². The highest BCUT2D eigenvalue weighted by Gasteiger charge is 2.27. The minimum absolute atomic E-state index is 0.0683. The van der Waals surface area contributed by atoms with E-state index in [-0.39, 0.29) is 36.1 Å². The number of nitrogens with one attached hydrogen (secondary N) is 1. The van der Waals surface area contributed by atoms with E-state index in [1.165, 1.54) is 32.7 Å². The molecule has 2 aromatic heterocycles. The standard InChI is InChI=1S/C27H25FN2O7/c1-15-18(7-16-8-22(34-2)27(23(9-16)35-3)37-14-26(32)33)20-10-24(28)29-13-21(20)19(15)11-25(31)30-12-17-5-4-6-36-17/h4-10,13H,11-12,14H2,1-3H3,(H,30,31)(H,32,33).